The normalized spacial score (nSPS) is 21.2. The highest BCUT2D eigenvalue weighted by Gasteiger charge is 2.47. The first-order chi connectivity index (χ1) is 13.2. The van der Waals surface area contributed by atoms with E-state index in [1.165, 1.54) is 0 Å². The van der Waals surface area contributed by atoms with Crippen LogP contribution >= 0.6 is 0 Å². The van der Waals surface area contributed by atoms with Crippen LogP contribution in [0.15, 0.2) is 24.3 Å². The minimum absolute atomic E-state index is 0.0972. The van der Waals surface area contributed by atoms with E-state index in [9.17, 15) is 14.7 Å². The molecule has 1 atom stereocenters. The van der Waals surface area contributed by atoms with E-state index in [4.69, 9.17) is 21.3 Å². The smallest absolute Gasteiger partial charge is 0.331 e. The predicted octanol–water partition coefficient (Wildman–Crippen LogP) is 1.93. The summed E-state index contributed by atoms with van der Waals surface area (Å²) in [5.74, 6) is -1.66. The molecule has 0 saturated heterocycles. The van der Waals surface area contributed by atoms with Gasteiger partial charge >= 0.3 is 11.9 Å². The Balaban J connectivity index is 0.000000892. The number of carbonyl (C=O) groups excluding carboxylic acids is 1. The van der Waals surface area contributed by atoms with Gasteiger partial charge in [-0.2, -0.15) is 0 Å². The molecule has 0 radical (unpaired) electrons. The zero-order valence-electron chi connectivity index (χ0n) is 17.1. The maximum Gasteiger partial charge on any atom is 0.331 e. The van der Waals surface area contributed by atoms with Crippen molar-refractivity contribution < 1.29 is 24.5 Å². The average molecular weight is 395 g/mol. The molecule has 0 spiro atoms. The number of esters is 1. The van der Waals surface area contributed by atoms with E-state index in [0.29, 0.717) is 32.2 Å². The molecule has 0 aromatic heterocycles. The van der Waals surface area contributed by atoms with Crippen LogP contribution in [0.1, 0.15) is 50.7 Å². The second-order valence-corrected chi connectivity index (χ2v) is 7.59. The molecule has 1 aliphatic rings. The van der Waals surface area contributed by atoms with Crippen molar-refractivity contribution in [2.75, 3.05) is 13.2 Å². The fraction of sp³-hybridized carbons (Fsp3) is 0.619. The number of aliphatic hydroxyl groups excluding tert-OH is 1. The molecule has 1 saturated carbocycles. The van der Waals surface area contributed by atoms with Crippen LogP contribution in [0.2, 0.25) is 0 Å². The first-order valence-electron chi connectivity index (χ1n) is 9.77. The molecule has 1 aromatic carbocycles. The molecule has 158 valence electrons. The number of aliphatic hydroxyl groups is 1. The maximum absolute atomic E-state index is 12.8. The molecular weight excluding hydrogens is 360 g/mol. The van der Waals surface area contributed by atoms with Gasteiger partial charge in [0.15, 0.2) is 0 Å². The van der Waals surface area contributed by atoms with Crippen LogP contribution in [0.5, 0.6) is 0 Å². The van der Waals surface area contributed by atoms with Gasteiger partial charge in [0.25, 0.3) is 0 Å². The third-order valence-corrected chi connectivity index (χ3v) is 5.06. The summed E-state index contributed by atoms with van der Waals surface area (Å²) >= 11 is 0. The van der Waals surface area contributed by atoms with E-state index in [-0.39, 0.29) is 24.5 Å². The summed E-state index contributed by atoms with van der Waals surface area (Å²) in [6.07, 6.45) is 2.05. The van der Waals surface area contributed by atoms with Crippen molar-refractivity contribution in [2.24, 2.45) is 23.3 Å². The summed E-state index contributed by atoms with van der Waals surface area (Å²) in [5.41, 5.74) is 12.0. The maximum atomic E-state index is 12.8. The summed E-state index contributed by atoms with van der Waals surface area (Å²) in [4.78, 5) is 24.0. The standard InChI is InChI=1S/C19H27NO4.C2H7NO/c1-12(2)24-18(23)19(20,15-8-4-13(3)5-9-15)16-10-6-14(7-11-16)17(21)22;3-1-2-4/h4-5,8-9,12,14,16H,6-7,10-11,20H2,1-3H3,(H,21,22);4H,1-3H2. The van der Waals surface area contributed by atoms with E-state index in [1.54, 1.807) is 13.8 Å². The molecule has 28 heavy (non-hydrogen) atoms. The summed E-state index contributed by atoms with van der Waals surface area (Å²) in [6, 6.07) is 7.62. The van der Waals surface area contributed by atoms with Gasteiger partial charge in [0.2, 0.25) is 0 Å². The third kappa shape index (κ3) is 6.29. The highest BCUT2D eigenvalue weighted by Crippen LogP contribution is 2.40. The van der Waals surface area contributed by atoms with Crippen molar-refractivity contribution in [1.29, 1.82) is 0 Å². The van der Waals surface area contributed by atoms with Gasteiger partial charge in [0.1, 0.15) is 5.54 Å². The van der Waals surface area contributed by atoms with Crippen LogP contribution in [0, 0.1) is 18.8 Å². The molecule has 1 fully saturated rings. The van der Waals surface area contributed by atoms with Crippen LogP contribution < -0.4 is 11.5 Å². The second kappa shape index (κ2) is 11.1. The predicted molar refractivity (Wildman–Crippen MR) is 107 cm³/mol. The Morgan fingerprint density at radius 1 is 1.18 bits per heavy atom. The number of aryl methyl sites for hydroxylation is 1. The fourth-order valence-electron chi connectivity index (χ4n) is 3.46. The van der Waals surface area contributed by atoms with Crippen molar-refractivity contribution in [3.05, 3.63) is 35.4 Å². The largest absolute Gasteiger partial charge is 0.481 e. The lowest BCUT2D eigenvalue weighted by atomic mass is 9.69. The molecule has 1 aliphatic carbocycles. The zero-order valence-corrected chi connectivity index (χ0v) is 17.1. The third-order valence-electron chi connectivity index (χ3n) is 5.06. The minimum atomic E-state index is -1.23. The van der Waals surface area contributed by atoms with Gasteiger partial charge in [0, 0.05) is 6.54 Å². The van der Waals surface area contributed by atoms with Gasteiger partial charge in [-0.3, -0.25) is 4.79 Å². The molecule has 7 nitrogen and oxygen atoms in total. The molecule has 0 aliphatic heterocycles. The molecule has 0 bridgehead atoms. The summed E-state index contributed by atoms with van der Waals surface area (Å²) in [5, 5.41) is 16.9. The second-order valence-electron chi connectivity index (χ2n) is 7.59. The lowest BCUT2D eigenvalue weighted by Gasteiger charge is -2.39. The highest BCUT2D eigenvalue weighted by molar-refractivity contribution is 5.83. The number of hydrogen-bond donors (Lipinski definition) is 4. The first-order valence-corrected chi connectivity index (χ1v) is 9.77. The number of hydrogen-bond acceptors (Lipinski definition) is 6. The summed E-state index contributed by atoms with van der Waals surface area (Å²) in [6.45, 7) is 6.05. The average Bonchev–Trinajstić information content (AvgIpc) is 2.67. The molecule has 2 rings (SSSR count). The van der Waals surface area contributed by atoms with Gasteiger partial charge in [-0.25, -0.2) is 4.79 Å². The van der Waals surface area contributed by atoms with Crippen LogP contribution in [-0.4, -0.2) is 41.4 Å². The molecular formula is C21H34N2O5. The quantitative estimate of drug-likeness (QED) is 0.541. The van der Waals surface area contributed by atoms with Crippen LogP contribution in [0.25, 0.3) is 0 Å². The van der Waals surface area contributed by atoms with Crippen molar-refractivity contribution in [1.82, 2.24) is 0 Å². The Labute approximate surface area is 167 Å². The van der Waals surface area contributed by atoms with Crippen LogP contribution in [0.3, 0.4) is 0 Å². The number of carboxylic acid groups (broad SMARTS) is 1. The van der Waals surface area contributed by atoms with Gasteiger partial charge in [-0.1, -0.05) is 29.8 Å². The van der Waals surface area contributed by atoms with E-state index < -0.39 is 17.5 Å². The lowest BCUT2D eigenvalue weighted by molar-refractivity contribution is -0.158. The fourth-order valence-corrected chi connectivity index (χ4v) is 3.46. The van der Waals surface area contributed by atoms with Crippen molar-refractivity contribution in [2.45, 2.75) is 58.1 Å². The Morgan fingerprint density at radius 3 is 2.07 bits per heavy atom. The molecule has 1 unspecified atom stereocenters. The number of ether oxygens (including phenoxy) is 1. The summed E-state index contributed by atoms with van der Waals surface area (Å²) < 4.78 is 5.45. The van der Waals surface area contributed by atoms with Gasteiger partial charge < -0.3 is 26.4 Å². The van der Waals surface area contributed by atoms with Gasteiger partial charge in [0.05, 0.1) is 18.6 Å². The summed E-state index contributed by atoms with van der Waals surface area (Å²) in [7, 11) is 0. The van der Waals surface area contributed by atoms with Crippen molar-refractivity contribution >= 4 is 11.9 Å². The van der Waals surface area contributed by atoms with E-state index in [1.807, 2.05) is 31.2 Å². The number of rotatable bonds is 6. The highest BCUT2D eigenvalue weighted by atomic mass is 16.5. The Bertz CT molecular complexity index is 622. The molecule has 1 aromatic rings. The number of nitrogens with two attached hydrogens (primary N) is 2. The monoisotopic (exact) mass is 394 g/mol. The van der Waals surface area contributed by atoms with E-state index in [0.717, 1.165) is 11.1 Å². The number of carbonyl (C=O) groups is 2. The molecule has 0 heterocycles. The minimum Gasteiger partial charge on any atom is -0.481 e. The molecule has 6 N–H and O–H groups in total. The van der Waals surface area contributed by atoms with Crippen LogP contribution in [0.4, 0.5) is 0 Å². The van der Waals surface area contributed by atoms with Crippen LogP contribution in [-0.2, 0) is 19.9 Å². The topological polar surface area (TPSA) is 136 Å². The number of carboxylic acids is 1. The first kappa shape index (κ1) is 24.1. The molecule has 7 heteroatoms. The van der Waals surface area contributed by atoms with E-state index >= 15 is 0 Å². The number of benzene rings is 1. The Kier molecular flexibility index (Phi) is 9.58. The van der Waals surface area contributed by atoms with Gasteiger partial charge in [-0.05, 0) is 57.9 Å². The van der Waals surface area contributed by atoms with Crippen molar-refractivity contribution in [3.63, 3.8) is 0 Å². The molecule has 0 amide bonds. The Morgan fingerprint density at radius 2 is 1.68 bits per heavy atom. The SMILES string of the molecule is Cc1ccc(C(N)(C(=O)OC(C)C)C2CCC(C(=O)O)CC2)cc1.NCCO. The number of aliphatic carboxylic acids is 1. The van der Waals surface area contributed by atoms with E-state index in [2.05, 4.69) is 0 Å². The van der Waals surface area contributed by atoms with Gasteiger partial charge in [-0.15, -0.1) is 0 Å². The Hall–Kier alpha value is -1.96. The van der Waals surface area contributed by atoms with Crippen molar-refractivity contribution in [3.8, 4) is 0 Å². The lowest BCUT2D eigenvalue weighted by Crippen LogP contribution is -2.53. The zero-order chi connectivity index (χ0) is 21.3.